The van der Waals surface area contributed by atoms with Crippen molar-refractivity contribution in [1.82, 2.24) is 4.57 Å². The molecule has 0 N–H and O–H groups in total. The van der Waals surface area contributed by atoms with Crippen LogP contribution in [0.2, 0.25) is 0 Å². The Hall–Kier alpha value is -7.12. The molecule has 0 saturated heterocycles. The SMILES string of the molecule is O=C(c1ccccc1)n1c2ccc([Si](c3ccccc3)(c3ccccc3)c3ccccc3)cc2c2cc([Si](c3ccccc3)(c3ccccc3)c3ccccc3)ccc21. The third kappa shape index (κ3) is 5.96. The summed E-state index contributed by atoms with van der Waals surface area (Å²) in [5.74, 6) is -0.0403. The lowest BCUT2D eigenvalue weighted by Gasteiger charge is -2.34. The molecular formula is C55H41NOSi2. The lowest BCUT2D eigenvalue weighted by Crippen LogP contribution is -2.74. The summed E-state index contributed by atoms with van der Waals surface area (Å²) in [6.07, 6.45) is 0. The van der Waals surface area contributed by atoms with E-state index in [9.17, 15) is 4.79 Å². The molecule has 1 aromatic heterocycles. The summed E-state index contributed by atoms with van der Waals surface area (Å²) < 4.78 is 1.95. The van der Waals surface area contributed by atoms with Crippen molar-refractivity contribution in [2.75, 3.05) is 0 Å². The second-order valence-corrected chi connectivity index (χ2v) is 22.8. The molecule has 0 saturated carbocycles. The van der Waals surface area contributed by atoms with E-state index in [1.807, 2.05) is 34.9 Å². The Balaban J connectivity index is 1.34. The number of rotatable bonds is 9. The van der Waals surface area contributed by atoms with Crippen molar-refractivity contribution in [3.8, 4) is 0 Å². The van der Waals surface area contributed by atoms with E-state index >= 15 is 0 Å². The molecule has 0 spiro atoms. The van der Waals surface area contributed by atoms with Crippen LogP contribution in [0.1, 0.15) is 10.4 Å². The van der Waals surface area contributed by atoms with Crippen LogP contribution in [0.4, 0.5) is 0 Å². The van der Waals surface area contributed by atoms with E-state index in [1.54, 1.807) is 0 Å². The summed E-state index contributed by atoms with van der Waals surface area (Å²) in [5, 5.41) is 12.5. The first kappa shape index (κ1) is 36.2. The average Bonchev–Trinajstić information content (AvgIpc) is 3.65. The topological polar surface area (TPSA) is 22.0 Å². The quantitative estimate of drug-likeness (QED) is 0.112. The van der Waals surface area contributed by atoms with Gasteiger partial charge in [-0.25, -0.2) is 0 Å². The Morgan fingerprint density at radius 3 is 0.814 bits per heavy atom. The molecular weight excluding hydrogens is 747 g/mol. The van der Waals surface area contributed by atoms with Crippen LogP contribution in [0.3, 0.4) is 0 Å². The third-order valence-corrected chi connectivity index (χ3v) is 21.6. The van der Waals surface area contributed by atoms with Gasteiger partial charge in [0.15, 0.2) is 16.1 Å². The minimum absolute atomic E-state index is 0.0403. The molecule has 0 bridgehead atoms. The van der Waals surface area contributed by atoms with Gasteiger partial charge in [-0.1, -0.05) is 224 Å². The van der Waals surface area contributed by atoms with Crippen LogP contribution in [0, 0.1) is 0 Å². The first-order chi connectivity index (χ1) is 29.2. The number of hydrogen-bond acceptors (Lipinski definition) is 1. The smallest absolute Gasteiger partial charge is 0.262 e. The zero-order valence-electron chi connectivity index (χ0n) is 32.5. The molecule has 0 radical (unpaired) electrons. The standard InChI is InChI=1S/C55H41NOSi2/c57-55(42-22-8-1-9-23-42)56-53-38-36-49(58(43-24-10-2-11-25-43,44-26-12-3-13-27-44)45-28-14-4-15-29-45)40-51(53)52-41-50(37-39-54(52)56)59(46-30-16-5-17-31-46,47-32-18-6-19-33-47)48-34-20-7-21-35-48/h1-41H. The highest BCUT2D eigenvalue weighted by molar-refractivity contribution is 7.20. The summed E-state index contributed by atoms with van der Waals surface area (Å²) in [6, 6.07) is 89.8. The van der Waals surface area contributed by atoms with Crippen molar-refractivity contribution in [1.29, 1.82) is 0 Å². The summed E-state index contributed by atoms with van der Waals surface area (Å²) in [6.45, 7) is 0. The minimum atomic E-state index is -2.88. The number of benzene rings is 9. The van der Waals surface area contributed by atoms with Gasteiger partial charge >= 0.3 is 0 Å². The van der Waals surface area contributed by atoms with Gasteiger partial charge in [-0.3, -0.25) is 9.36 Å². The Kier molecular flexibility index (Phi) is 9.42. The van der Waals surface area contributed by atoms with Gasteiger partial charge in [-0.15, -0.1) is 0 Å². The van der Waals surface area contributed by atoms with E-state index < -0.39 is 16.1 Å². The predicted molar refractivity (Wildman–Crippen MR) is 253 cm³/mol. The molecule has 2 nitrogen and oxygen atoms in total. The number of carbonyl (C=O) groups excluding carboxylic acids is 1. The van der Waals surface area contributed by atoms with Gasteiger partial charge in [0.1, 0.15) is 0 Å². The van der Waals surface area contributed by atoms with E-state index in [0.29, 0.717) is 5.56 Å². The lowest BCUT2D eigenvalue weighted by atomic mass is 10.1. The molecule has 0 fully saturated rings. The van der Waals surface area contributed by atoms with Gasteiger partial charge in [0.2, 0.25) is 0 Å². The Morgan fingerprint density at radius 1 is 0.288 bits per heavy atom. The van der Waals surface area contributed by atoms with E-state index in [2.05, 4.69) is 218 Å². The molecule has 0 amide bonds. The van der Waals surface area contributed by atoms with Crippen molar-refractivity contribution in [3.05, 3.63) is 254 Å². The van der Waals surface area contributed by atoms with Crippen LogP contribution in [0.5, 0.6) is 0 Å². The van der Waals surface area contributed by atoms with Gasteiger partial charge in [0.05, 0.1) is 11.0 Å². The molecule has 0 aliphatic rings. The largest absolute Gasteiger partial charge is 0.276 e. The van der Waals surface area contributed by atoms with Gasteiger partial charge in [-0.05, 0) is 65.8 Å². The summed E-state index contributed by atoms with van der Waals surface area (Å²) in [4.78, 5) is 14.8. The minimum Gasteiger partial charge on any atom is -0.276 e. The predicted octanol–water partition coefficient (Wildman–Crippen LogP) is 7.24. The van der Waals surface area contributed by atoms with Gasteiger partial charge in [0.25, 0.3) is 5.91 Å². The van der Waals surface area contributed by atoms with Crippen molar-refractivity contribution >= 4 is 85.4 Å². The fourth-order valence-corrected chi connectivity index (χ4v) is 19.1. The lowest BCUT2D eigenvalue weighted by molar-refractivity contribution is 0.0969. The normalized spacial score (nSPS) is 11.8. The molecule has 0 aliphatic carbocycles. The van der Waals surface area contributed by atoms with Crippen molar-refractivity contribution in [2.24, 2.45) is 0 Å². The molecule has 280 valence electrons. The van der Waals surface area contributed by atoms with Gasteiger partial charge in [0, 0.05) is 16.3 Å². The highest BCUT2D eigenvalue weighted by atomic mass is 28.3. The van der Waals surface area contributed by atoms with Crippen LogP contribution in [-0.4, -0.2) is 26.6 Å². The van der Waals surface area contributed by atoms with E-state index in [0.717, 1.165) is 21.8 Å². The number of fused-ring (bicyclic) bond motifs is 3. The van der Waals surface area contributed by atoms with Crippen molar-refractivity contribution < 1.29 is 4.79 Å². The molecule has 0 atom stereocenters. The second kappa shape index (κ2) is 15.3. The van der Waals surface area contributed by atoms with Crippen molar-refractivity contribution in [2.45, 2.75) is 0 Å². The molecule has 1 heterocycles. The van der Waals surface area contributed by atoms with Crippen LogP contribution in [0.15, 0.2) is 249 Å². The molecule has 10 aromatic rings. The number of nitrogens with zero attached hydrogens (tertiary/aromatic N) is 1. The highest BCUT2D eigenvalue weighted by Crippen LogP contribution is 2.30. The first-order valence-corrected chi connectivity index (χ1v) is 24.2. The zero-order valence-corrected chi connectivity index (χ0v) is 34.5. The zero-order chi connectivity index (χ0) is 39.7. The molecule has 0 unspecified atom stereocenters. The van der Waals surface area contributed by atoms with Crippen LogP contribution >= 0.6 is 0 Å². The second-order valence-electron chi connectivity index (χ2n) is 15.2. The Morgan fingerprint density at radius 2 is 0.542 bits per heavy atom. The third-order valence-electron chi connectivity index (χ3n) is 12.1. The van der Waals surface area contributed by atoms with Crippen LogP contribution < -0.4 is 41.5 Å². The van der Waals surface area contributed by atoms with Gasteiger partial charge < -0.3 is 0 Å². The summed E-state index contributed by atoms with van der Waals surface area (Å²) >= 11 is 0. The fourth-order valence-electron chi connectivity index (χ4n) is 9.55. The Bertz CT molecular complexity index is 2650. The molecule has 9 aromatic carbocycles. The molecule has 59 heavy (non-hydrogen) atoms. The van der Waals surface area contributed by atoms with E-state index in [4.69, 9.17) is 0 Å². The van der Waals surface area contributed by atoms with Crippen LogP contribution in [-0.2, 0) is 0 Å². The maximum Gasteiger partial charge on any atom is 0.262 e. The van der Waals surface area contributed by atoms with E-state index in [-0.39, 0.29) is 5.91 Å². The summed E-state index contributed by atoms with van der Waals surface area (Å²) in [7, 11) is -5.76. The van der Waals surface area contributed by atoms with Gasteiger partial charge in [-0.2, -0.15) is 0 Å². The first-order valence-electron chi connectivity index (χ1n) is 20.2. The molecule has 10 rings (SSSR count). The highest BCUT2D eigenvalue weighted by Gasteiger charge is 2.43. The Labute approximate surface area is 347 Å². The fraction of sp³-hybridized carbons (Fsp3) is 0. The van der Waals surface area contributed by atoms with E-state index in [1.165, 1.54) is 41.5 Å². The van der Waals surface area contributed by atoms with Crippen LogP contribution in [0.25, 0.3) is 21.8 Å². The van der Waals surface area contributed by atoms with Crippen molar-refractivity contribution in [3.63, 3.8) is 0 Å². The number of hydrogen-bond donors (Lipinski definition) is 0. The number of carbonyl (C=O) groups is 1. The number of aromatic nitrogens is 1. The maximum atomic E-state index is 14.8. The molecule has 0 aliphatic heterocycles. The monoisotopic (exact) mass is 787 g/mol. The average molecular weight is 788 g/mol. The summed E-state index contributed by atoms with van der Waals surface area (Å²) in [5.41, 5.74) is 2.46. The maximum absolute atomic E-state index is 14.8. The molecule has 4 heteroatoms.